The van der Waals surface area contributed by atoms with Crippen LogP contribution in [0.2, 0.25) is 0 Å². The molecule has 0 aromatic heterocycles. The number of aromatic carboxylic acids is 1. The molecule has 0 aliphatic heterocycles. The van der Waals surface area contributed by atoms with E-state index in [2.05, 4.69) is 5.32 Å². The van der Waals surface area contributed by atoms with Crippen molar-refractivity contribution in [3.05, 3.63) is 23.8 Å². The van der Waals surface area contributed by atoms with Crippen LogP contribution >= 0.6 is 0 Å². The Balaban J connectivity index is 2.20. The molecule has 0 amide bonds. The van der Waals surface area contributed by atoms with Crippen molar-refractivity contribution in [3.63, 3.8) is 0 Å². The van der Waals surface area contributed by atoms with Gasteiger partial charge in [0.1, 0.15) is 5.75 Å². The minimum atomic E-state index is -0.944. The van der Waals surface area contributed by atoms with Gasteiger partial charge in [-0.1, -0.05) is 0 Å². The molecule has 1 saturated carbocycles. The lowest BCUT2D eigenvalue weighted by atomic mass is 10.1. The first kappa shape index (κ1) is 13.7. The molecular formula is C14H19NO4. The van der Waals surface area contributed by atoms with Crippen molar-refractivity contribution >= 4 is 11.7 Å². The fraction of sp³-hybridized carbons (Fsp3) is 0.500. The van der Waals surface area contributed by atoms with Crippen LogP contribution in [0.4, 0.5) is 5.69 Å². The summed E-state index contributed by atoms with van der Waals surface area (Å²) in [6.45, 7) is 0.602. The van der Waals surface area contributed by atoms with Crippen molar-refractivity contribution in [3.8, 4) is 5.75 Å². The Morgan fingerprint density at radius 1 is 1.47 bits per heavy atom. The van der Waals surface area contributed by atoms with E-state index in [0.717, 1.165) is 0 Å². The Morgan fingerprint density at radius 2 is 2.21 bits per heavy atom. The van der Waals surface area contributed by atoms with Crippen LogP contribution in [-0.2, 0) is 4.74 Å². The summed E-state index contributed by atoms with van der Waals surface area (Å²) in [6.07, 6.45) is 2.37. The van der Waals surface area contributed by atoms with Crippen molar-refractivity contribution in [2.24, 2.45) is 5.92 Å². The molecule has 0 spiro atoms. The highest BCUT2D eigenvalue weighted by Crippen LogP contribution is 2.36. The zero-order valence-corrected chi connectivity index (χ0v) is 11.2. The first-order valence-corrected chi connectivity index (χ1v) is 6.32. The van der Waals surface area contributed by atoms with Gasteiger partial charge >= 0.3 is 5.97 Å². The molecule has 104 valence electrons. The maximum atomic E-state index is 11.0. The molecule has 1 unspecified atom stereocenters. The molecule has 2 N–H and O–H groups in total. The standard InChI is InChI=1S/C14H19NO4/c1-18-8-12(9-3-4-9)15-11-7-10(14(16)17)5-6-13(11)19-2/h5-7,9,12,15H,3-4,8H2,1-2H3,(H,16,17). The third-order valence-corrected chi connectivity index (χ3v) is 3.32. The van der Waals surface area contributed by atoms with Crippen LogP contribution in [0.25, 0.3) is 0 Å². The topological polar surface area (TPSA) is 67.8 Å². The molecule has 0 heterocycles. The summed E-state index contributed by atoms with van der Waals surface area (Å²) in [5.74, 6) is 0.297. The summed E-state index contributed by atoms with van der Waals surface area (Å²) in [5, 5.41) is 12.4. The monoisotopic (exact) mass is 265 g/mol. The fourth-order valence-electron chi connectivity index (χ4n) is 2.13. The van der Waals surface area contributed by atoms with Gasteiger partial charge in [-0.15, -0.1) is 0 Å². The number of benzene rings is 1. The maximum Gasteiger partial charge on any atom is 0.335 e. The minimum absolute atomic E-state index is 0.197. The van der Waals surface area contributed by atoms with Gasteiger partial charge in [0.15, 0.2) is 0 Å². The summed E-state index contributed by atoms with van der Waals surface area (Å²) in [6, 6.07) is 5.01. The van der Waals surface area contributed by atoms with E-state index in [1.807, 2.05) is 0 Å². The normalized spacial score (nSPS) is 15.9. The van der Waals surface area contributed by atoms with Gasteiger partial charge < -0.3 is 19.9 Å². The van der Waals surface area contributed by atoms with Crippen LogP contribution in [0, 0.1) is 5.92 Å². The SMILES string of the molecule is COCC(Nc1cc(C(=O)O)ccc1OC)C1CC1. The second-order valence-corrected chi connectivity index (χ2v) is 4.76. The number of rotatable bonds is 7. The molecule has 1 atom stereocenters. The summed E-state index contributed by atoms with van der Waals surface area (Å²) >= 11 is 0. The Bertz CT molecular complexity index is 457. The van der Waals surface area contributed by atoms with Crippen molar-refractivity contribution in [1.29, 1.82) is 0 Å². The molecular weight excluding hydrogens is 246 g/mol. The number of hydrogen-bond acceptors (Lipinski definition) is 4. The number of carbonyl (C=O) groups is 1. The maximum absolute atomic E-state index is 11.0. The number of carboxylic acids is 1. The third-order valence-electron chi connectivity index (χ3n) is 3.32. The predicted octanol–water partition coefficient (Wildman–Crippen LogP) is 2.23. The van der Waals surface area contributed by atoms with E-state index in [0.29, 0.717) is 24.0 Å². The van der Waals surface area contributed by atoms with Gasteiger partial charge in [-0.3, -0.25) is 0 Å². The lowest BCUT2D eigenvalue weighted by Gasteiger charge is -2.20. The Hall–Kier alpha value is -1.75. The molecule has 1 aromatic rings. The van der Waals surface area contributed by atoms with Crippen molar-refractivity contribution in [1.82, 2.24) is 0 Å². The molecule has 0 saturated heterocycles. The van der Waals surface area contributed by atoms with E-state index < -0.39 is 5.97 Å². The highest BCUT2D eigenvalue weighted by atomic mass is 16.5. The molecule has 1 aromatic carbocycles. The van der Waals surface area contributed by atoms with Crippen molar-refractivity contribution < 1.29 is 19.4 Å². The van der Waals surface area contributed by atoms with Crippen molar-refractivity contribution in [2.45, 2.75) is 18.9 Å². The second-order valence-electron chi connectivity index (χ2n) is 4.76. The smallest absolute Gasteiger partial charge is 0.335 e. The molecule has 0 radical (unpaired) electrons. The van der Waals surface area contributed by atoms with Gasteiger partial charge in [0.2, 0.25) is 0 Å². The number of carboxylic acid groups (broad SMARTS) is 1. The Morgan fingerprint density at radius 3 is 2.74 bits per heavy atom. The molecule has 2 rings (SSSR count). The van der Waals surface area contributed by atoms with E-state index in [9.17, 15) is 4.79 Å². The fourth-order valence-corrected chi connectivity index (χ4v) is 2.13. The van der Waals surface area contributed by atoms with Gasteiger partial charge in [-0.25, -0.2) is 4.79 Å². The van der Waals surface area contributed by atoms with Crippen molar-refractivity contribution in [2.75, 3.05) is 26.1 Å². The van der Waals surface area contributed by atoms with Gasteiger partial charge in [0.05, 0.1) is 31.0 Å². The average molecular weight is 265 g/mol. The highest BCUT2D eigenvalue weighted by Gasteiger charge is 2.31. The average Bonchev–Trinajstić information content (AvgIpc) is 3.22. The zero-order valence-electron chi connectivity index (χ0n) is 11.2. The quantitative estimate of drug-likeness (QED) is 0.791. The van der Waals surface area contributed by atoms with E-state index in [-0.39, 0.29) is 11.6 Å². The summed E-state index contributed by atoms with van der Waals surface area (Å²) < 4.78 is 10.5. The summed E-state index contributed by atoms with van der Waals surface area (Å²) in [5.41, 5.74) is 0.951. The van der Waals surface area contributed by atoms with E-state index in [4.69, 9.17) is 14.6 Å². The largest absolute Gasteiger partial charge is 0.495 e. The van der Waals surface area contributed by atoms with Crippen LogP contribution in [0.1, 0.15) is 23.2 Å². The lowest BCUT2D eigenvalue weighted by Crippen LogP contribution is -2.27. The van der Waals surface area contributed by atoms with E-state index in [1.165, 1.54) is 18.9 Å². The third kappa shape index (κ3) is 3.38. The van der Waals surface area contributed by atoms with Crippen LogP contribution in [0.15, 0.2) is 18.2 Å². The first-order chi connectivity index (χ1) is 9.15. The van der Waals surface area contributed by atoms with Crippen LogP contribution in [0.3, 0.4) is 0 Å². The van der Waals surface area contributed by atoms with Gasteiger partial charge in [-0.2, -0.15) is 0 Å². The molecule has 1 aliphatic carbocycles. The molecule has 1 aliphatic rings. The predicted molar refractivity (Wildman–Crippen MR) is 72.0 cm³/mol. The number of hydrogen-bond donors (Lipinski definition) is 2. The first-order valence-electron chi connectivity index (χ1n) is 6.32. The molecule has 0 bridgehead atoms. The minimum Gasteiger partial charge on any atom is -0.495 e. The van der Waals surface area contributed by atoms with Gasteiger partial charge in [-0.05, 0) is 37.0 Å². The zero-order chi connectivity index (χ0) is 13.8. The Labute approximate surface area is 112 Å². The molecule has 5 heteroatoms. The number of nitrogens with one attached hydrogen (secondary N) is 1. The summed E-state index contributed by atoms with van der Waals surface area (Å²) in [7, 11) is 3.24. The lowest BCUT2D eigenvalue weighted by molar-refractivity contribution is 0.0697. The van der Waals surface area contributed by atoms with E-state index in [1.54, 1.807) is 26.4 Å². The number of methoxy groups -OCH3 is 2. The second kappa shape index (κ2) is 5.93. The van der Waals surface area contributed by atoms with Crippen LogP contribution in [-0.4, -0.2) is 37.9 Å². The molecule has 5 nitrogen and oxygen atoms in total. The van der Waals surface area contributed by atoms with E-state index >= 15 is 0 Å². The number of ether oxygens (including phenoxy) is 2. The number of anilines is 1. The Kier molecular flexibility index (Phi) is 4.27. The van der Waals surface area contributed by atoms with Gasteiger partial charge in [0.25, 0.3) is 0 Å². The molecule has 1 fully saturated rings. The van der Waals surface area contributed by atoms with Crippen LogP contribution in [0.5, 0.6) is 5.75 Å². The van der Waals surface area contributed by atoms with Crippen LogP contribution < -0.4 is 10.1 Å². The molecule has 19 heavy (non-hydrogen) atoms. The summed E-state index contributed by atoms with van der Waals surface area (Å²) in [4.78, 5) is 11.0. The van der Waals surface area contributed by atoms with Gasteiger partial charge in [0, 0.05) is 7.11 Å². The highest BCUT2D eigenvalue weighted by molar-refractivity contribution is 5.89.